The lowest BCUT2D eigenvalue weighted by atomic mass is 10.3. The van der Waals surface area contributed by atoms with Crippen LogP contribution in [0.25, 0.3) is 0 Å². The quantitative estimate of drug-likeness (QED) is 0.642. The highest BCUT2D eigenvalue weighted by Crippen LogP contribution is 2.15. The largest absolute Gasteiger partial charge is 0.480 e. The minimum Gasteiger partial charge on any atom is -0.480 e. The SMILES string of the molecule is NC[C@H](Nc1cccs1)C(=O)O. The molecule has 0 fully saturated rings. The standard InChI is InChI=1S/C7H10N2O2S/c8-4-5(7(10)11)9-6-2-1-3-12-6/h1-3,5,9H,4,8H2,(H,10,11)/t5-/m0/s1. The summed E-state index contributed by atoms with van der Waals surface area (Å²) < 4.78 is 0. The van der Waals surface area contributed by atoms with Crippen LogP contribution < -0.4 is 11.1 Å². The third kappa shape index (κ3) is 2.21. The maximum absolute atomic E-state index is 10.5. The highest BCUT2D eigenvalue weighted by Gasteiger charge is 2.14. The Morgan fingerprint density at radius 3 is 3.00 bits per heavy atom. The molecule has 0 aliphatic carbocycles. The van der Waals surface area contributed by atoms with E-state index in [1.807, 2.05) is 17.5 Å². The third-order valence-corrected chi connectivity index (χ3v) is 2.17. The van der Waals surface area contributed by atoms with Crippen molar-refractivity contribution in [1.82, 2.24) is 0 Å². The van der Waals surface area contributed by atoms with Crippen molar-refractivity contribution in [3.8, 4) is 0 Å². The molecular formula is C7H10N2O2S. The molecule has 0 aromatic carbocycles. The van der Waals surface area contributed by atoms with E-state index in [1.54, 1.807) is 0 Å². The zero-order chi connectivity index (χ0) is 8.97. The van der Waals surface area contributed by atoms with E-state index in [1.165, 1.54) is 11.3 Å². The van der Waals surface area contributed by atoms with Crippen LogP contribution in [-0.2, 0) is 4.79 Å². The van der Waals surface area contributed by atoms with Crippen LogP contribution in [-0.4, -0.2) is 23.7 Å². The van der Waals surface area contributed by atoms with Crippen molar-refractivity contribution in [3.05, 3.63) is 17.5 Å². The fourth-order valence-corrected chi connectivity index (χ4v) is 1.43. The molecule has 0 amide bonds. The van der Waals surface area contributed by atoms with Crippen molar-refractivity contribution >= 4 is 22.3 Å². The Balaban J connectivity index is 2.54. The van der Waals surface area contributed by atoms with E-state index in [-0.39, 0.29) is 6.54 Å². The van der Waals surface area contributed by atoms with Crippen molar-refractivity contribution in [2.75, 3.05) is 11.9 Å². The molecule has 1 aromatic rings. The van der Waals surface area contributed by atoms with Crippen LogP contribution in [0.15, 0.2) is 17.5 Å². The second-order valence-corrected chi connectivity index (χ2v) is 3.20. The minimum absolute atomic E-state index is 0.0905. The number of thiophene rings is 1. The lowest BCUT2D eigenvalue weighted by molar-refractivity contribution is -0.137. The molecule has 5 heteroatoms. The molecule has 0 unspecified atom stereocenters. The number of nitrogens with one attached hydrogen (secondary N) is 1. The molecular weight excluding hydrogens is 176 g/mol. The molecule has 0 aliphatic rings. The van der Waals surface area contributed by atoms with Crippen molar-refractivity contribution in [2.24, 2.45) is 5.73 Å². The molecule has 4 nitrogen and oxygen atoms in total. The first-order valence-electron chi connectivity index (χ1n) is 3.47. The highest BCUT2D eigenvalue weighted by molar-refractivity contribution is 7.14. The molecule has 1 heterocycles. The van der Waals surface area contributed by atoms with E-state index in [2.05, 4.69) is 5.32 Å². The van der Waals surface area contributed by atoms with Gasteiger partial charge < -0.3 is 16.2 Å². The predicted molar refractivity (Wildman–Crippen MR) is 48.4 cm³/mol. The van der Waals surface area contributed by atoms with Gasteiger partial charge in [-0.05, 0) is 17.5 Å². The maximum atomic E-state index is 10.5. The van der Waals surface area contributed by atoms with Gasteiger partial charge in [-0.2, -0.15) is 0 Å². The van der Waals surface area contributed by atoms with E-state index < -0.39 is 12.0 Å². The fraction of sp³-hybridized carbons (Fsp3) is 0.286. The number of anilines is 1. The Morgan fingerprint density at radius 2 is 2.58 bits per heavy atom. The van der Waals surface area contributed by atoms with E-state index in [4.69, 9.17) is 10.8 Å². The molecule has 66 valence electrons. The second-order valence-electron chi connectivity index (χ2n) is 2.25. The molecule has 0 saturated heterocycles. The Kier molecular flexibility index (Phi) is 3.07. The molecule has 1 rings (SSSR count). The smallest absolute Gasteiger partial charge is 0.327 e. The zero-order valence-electron chi connectivity index (χ0n) is 6.36. The Labute approximate surface area is 74.0 Å². The van der Waals surface area contributed by atoms with Gasteiger partial charge in [0, 0.05) is 6.54 Å². The van der Waals surface area contributed by atoms with Crippen LogP contribution in [0.2, 0.25) is 0 Å². The summed E-state index contributed by atoms with van der Waals surface area (Å²) in [4.78, 5) is 10.5. The molecule has 0 spiro atoms. The second kappa shape index (κ2) is 4.08. The van der Waals surface area contributed by atoms with Crippen LogP contribution in [0.1, 0.15) is 0 Å². The van der Waals surface area contributed by atoms with E-state index >= 15 is 0 Å². The van der Waals surface area contributed by atoms with Crippen LogP contribution >= 0.6 is 11.3 Å². The minimum atomic E-state index is -0.925. The number of aliphatic carboxylic acids is 1. The van der Waals surface area contributed by atoms with Crippen molar-refractivity contribution in [3.63, 3.8) is 0 Å². The Bertz CT molecular complexity index is 248. The van der Waals surface area contributed by atoms with Gasteiger partial charge in [0.1, 0.15) is 6.04 Å². The summed E-state index contributed by atoms with van der Waals surface area (Å²) in [6.45, 7) is 0.0905. The van der Waals surface area contributed by atoms with Gasteiger partial charge in [-0.25, -0.2) is 4.79 Å². The molecule has 0 saturated carbocycles. The van der Waals surface area contributed by atoms with Gasteiger partial charge in [0.15, 0.2) is 0 Å². The molecule has 1 atom stereocenters. The summed E-state index contributed by atoms with van der Waals surface area (Å²) >= 11 is 1.45. The van der Waals surface area contributed by atoms with E-state index in [0.717, 1.165) is 5.00 Å². The predicted octanol–water partition coefficient (Wildman–Crippen LogP) is 0.572. The molecule has 12 heavy (non-hydrogen) atoms. The first-order chi connectivity index (χ1) is 5.74. The Morgan fingerprint density at radius 1 is 1.83 bits per heavy atom. The number of carboxylic acid groups (broad SMARTS) is 1. The van der Waals surface area contributed by atoms with Gasteiger partial charge in [-0.1, -0.05) is 0 Å². The number of nitrogens with two attached hydrogens (primary N) is 1. The van der Waals surface area contributed by atoms with Crippen molar-refractivity contribution < 1.29 is 9.90 Å². The summed E-state index contributed by atoms with van der Waals surface area (Å²) in [5, 5.41) is 14.1. The number of hydrogen-bond acceptors (Lipinski definition) is 4. The van der Waals surface area contributed by atoms with Crippen molar-refractivity contribution in [1.29, 1.82) is 0 Å². The average Bonchev–Trinajstić information content (AvgIpc) is 2.51. The molecule has 0 bridgehead atoms. The number of rotatable bonds is 4. The summed E-state index contributed by atoms with van der Waals surface area (Å²) in [5.41, 5.74) is 5.25. The van der Waals surface area contributed by atoms with Crippen LogP contribution in [0, 0.1) is 0 Å². The van der Waals surface area contributed by atoms with Gasteiger partial charge in [-0.3, -0.25) is 0 Å². The monoisotopic (exact) mass is 186 g/mol. The average molecular weight is 186 g/mol. The van der Waals surface area contributed by atoms with E-state index in [9.17, 15) is 4.79 Å². The molecule has 1 aromatic heterocycles. The van der Waals surface area contributed by atoms with Crippen LogP contribution in [0.3, 0.4) is 0 Å². The van der Waals surface area contributed by atoms with Crippen LogP contribution in [0.5, 0.6) is 0 Å². The lowest BCUT2D eigenvalue weighted by Gasteiger charge is -2.10. The van der Waals surface area contributed by atoms with E-state index in [0.29, 0.717) is 0 Å². The zero-order valence-corrected chi connectivity index (χ0v) is 7.17. The highest BCUT2D eigenvalue weighted by atomic mass is 32.1. The van der Waals surface area contributed by atoms with Crippen LogP contribution in [0.4, 0.5) is 5.00 Å². The van der Waals surface area contributed by atoms with Gasteiger partial charge in [-0.15, -0.1) is 11.3 Å². The number of carboxylic acids is 1. The van der Waals surface area contributed by atoms with Gasteiger partial charge >= 0.3 is 5.97 Å². The third-order valence-electron chi connectivity index (χ3n) is 1.37. The number of carbonyl (C=O) groups is 1. The number of hydrogen-bond donors (Lipinski definition) is 3. The lowest BCUT2D eigenvalue weighted by Crippen LogP contribution is -2.36. The van der Waals surface area contributed by atoms with Gasteiger partial charge in [0.2, 0.25) is 0 Å². The summed E-state index contributed by atoms with van der Waals surface area (Å²) in [6.07, 6.45) is 0. The van der Waals surface area contributed by atoms with Crippen molar-refractivity contribution in [2.45, 2.75) is 6.04 Å². The Hall–Kier alpha value is -1.07. The maximum Gasteiger partial charge on any atom is 0.327 e. The topological polar surface area (TPSA) is 75.3 Å². The van der Waals surface area contributed by atoms with Gasteiger partial charge in [0.25, 0.3) is 0 Å². The normalized spacial score (nSPS) is 12.4. The molecule has 0 aliphatic heterocycles. The fourth-order valence-electron chi connectivity index (χ4n) is 0.754. The summed E-state index contributed by atoms with van der Waals surface area (Å²) in [5.74, 6) is -0.925. The first-order valence-corrected chi connectivity index (χ1v) is 4.35. The first kappa shape index (κ1) is 9.02. The molecule has 4 N–H and O–H groups in total. The summed E-state index contributed by atoms with van der Waals surface area (Å²) in [6, 6.07) is 2.97. The summed E-state index contributed by atoms with van der Waals surface area (Å²) in [7, 11) is 0. The molecule has 0 radical (unpaired) electrons. The van der Waals surface area contributed by atoms with Gasteiger partial charge in [0.05, 0.1) is 5.00 Å².